The number of pyridine rings is 1. The van der Waals surface area contributed by atoms with Gasteiger partial charge in [0.2, 0.25) is 0 Å². The average Bonchev–Trinajstić information content (AvgIpc) is 2.81. The number of hydrogen-bond acceptors (Lipinski definition) is 5. The van der Waals surface area contributed by atoms with Gasteiger partial charge in [-0.15, -0.1) is 0 Å². The van der Waals surface area contributed by atoms with Crippen LogP contribution in [-0.2, 0) is 4.74 Å². The molecule has 0 aliphatic heterocycles. The van der Waals surface area contributed by atoms with Gasteiger partial charge in [0.1, 0.15) is 5.03 Å². The number of carbonyl (C=O) groups excluding carboxylic acids is 1. The Bertz CT molecular complexity index is 485. The van der Waals surface area contributed by atoms with Crippen molar-refractivity contribution in [3.05, 3.63) is 36.3 Å². The highest BCUT2D eigenvalue weighted by Gasteiger charge is 2.07. The van der Waals surface area contributed by atoms with Crippen LogP contribution in [0.5, 0.6) is 0 Å². The van der Waals surface area contributed by atoms with Gasteiger partial charge >= 0.3 is 5.97 Å². The highest BCUT2D eigenvalue weighted by atomic mass is 32.2. The number of carbonyl (C=O) groups is 1. The second-order valence-electron chi connectivity index (χ2n) is 2.87. The maximum atomic E-state index is 11.3. The Kier molecular flexibility index (Phi) is 3.21. The van der Waals surface area contributed by atoms with Gasteiger partial charge in [-0.3, -0.25) is 0 Å². The average molecular weight is 235 g/mol. The zero-order valence-electron chi connectivity index (χ0n) is 8.51. The van der Waals surface area contributed by atoms with Crippen LogP contribution in [0.25, 0.3) is 0 Å². The van der Waals surface area contributed by atoms with Gasteiger partial charge in [0.25, 0.3) is 0 Å². The van der Waals surface area contributed by atoms with Crippen LogP contribution in [0.15, 0.2) is 40.9 Å². The van der Waals surface area contributed by atoms with Crippen molar-refractivity contribution in [2.45, 2.75) is 10.2 Å². The molecule has 0 atom stereocenters. The summed E-state index contributed by atoms with van der Waals surface area (Å²) in [4.78, 5) is 22.4. The fourth-order valence-corrected chi connectivity index (χ4v) is 1.85. The van der Waals surface area contributed by atoms with E-state index in [1.54, 1.807) is 30.7 Å². The number of nitrogens with zero attached hydrogens (tertiary/aromatic N) is 2. The quantitative estimate of drug-likeness (QED) is 0.821. The van der Waals surface area contributed by atoms with Gasteiger partial charge in [0.15, 0.2) is 5.16 Å². The molecular formula is C10H9N3O2S. The highest BCUT2D eigenvalue weighted by Crippen LogP contribution is 2.22. The normalized spacial score (nSPS) is 10.1. The minimum Gasteiger partial charge on any atom is -0.465 e. The van der Waals surface area contributed by atoms with E-state index in [9.17, 15) is 4.79 Å². The molecule has 0 unspecified atom stereocenters. The van der Waals surface area contributed by atoms with Crippen molar-refractivity contribution in [1.29, 1.82) is 0 Å². The SMILES string of the molecule is COC(=O)c1ccnc(Sc2ncc[nH]2)c1. The number of methoxy groups -OCH3 is 1. The molecule has 2 aromatic rings. The molecule has 0 saturated heterocycles. The summed E-state index contributed by atoms with van der Waals surface area (Å²) in [5.41, 5.74) is 0.478. The lowest BCUT2D eigenvalue weighted by Crippen LogP contribution is -2.01. The molecule has 82 valence electrons. The maximum Gasteiger partial charge on any atom is 0.337 e. The first-order valence-corrected chi connectivity index (χ1v) is 5.33. The number of nitrogens with one attached hydrogen (secondary N) is 1. The van der Waals surface area contributed by atoms with Crippen molar-refractivity contribution < 1.29 is 9.53 Å². The standard InChI is InChI=1S/C10H9N3O2S/c1-15-9(14)7-2-3-11-8(6-7)16-10-12-4-5-13-10/h2-6H,1H3,(H,12,13). The van der Waals surface area contributed by atoms with Crippen molar-refractivity contribution in [2.24, 2.45) is 0 Å². The number of aromatic nitrogens is 3. The molecular weight excluding hydrogens is 226 g/mol. The van der Waals surface area contributed by atoms with Crippen LogP contribution in [-0.4, -0.2) is 28.0 Å². The number of imidazole rings is 1. The number of H-pyrrole nitrogens is 1. The minimum absolute atomic E-state index is 0.372. The molecule has 16 heavy (non-hydrogen) atoms. The van der Waals surface area contributed by atoms with Crippen LogP contribution in [0, 0.1) is 0 Å². The largest absolute Gasteiger partial charge is 0.465 e. The number of hydrogen-bond donors (Lipinski definition) is 1. The lowest BCUT2D eigenvalue weighted by Gasteiger charge is -2.00. The summed E-state index contributed by atoms with van der Waals surface area (Å²) in [5, 5.41) is 1.42. The minimum atomic E-state index is -0.372. The zero-order chi connectivity index (χ0) is 11.4. The van der Waals surface area contributed by atoms with Gasteiger partial charge in [-0.25, -0.2) is 14.8 Å². The Labute approximate surface area is 96.3 Å². The maximum absolute atomic E-state index is 11.3. The second-order valence-corrected chi connectivity index (χ2v) is 3.88. The molecule has 0 fully saturated rings. The van der Waals surface area contributed by atoms with E-state index in [-0.39, 0.29) is 5.97 Å². The zero-order valence-corrected chi connectivity index (χ0v) is 9.32. The summed E-state index contributed by atoms with van der Waals surface area (Å²) in [6.45, 7) is 0. The molecule has 0 spiro atoms. The molecule has 0 aliphatic carbocycles. The lowest BCUT2D eigenvalue weighted by atomic mass is 10.3. The van der Waals surface area contributed by atoms with Gasteiger partial charge in [0, 0.05) is 18.6 Å². The summed E-state index contributed by atoms with van der Waals surface area (Å²) in [6, 6.07) is 3.27. The summed E-state index contributed by atoms with van der Waals surface area (Å²) >= 11 is 1.35. The molecule has 0 aromatic carbocycles. The molecule has 2 aromatic heterocycles. The van der Waals surface area contributed by atoms with Gasteiger partial charge in [-0.1, -0.05) is 0 Å². The Morgan fingerprint density at radius 1 is 1.44 bits per heavy atom. The molecule has 2 heterocycles. The first-order chi connectivity index (χ1) is 7.79. The molecule has 6 heteroatoms. The molecule has 2 rings (SSSR count). The van der Waals surface area contributed by atoms with Gasteiger partial charge in [-0.05, 0) is 23.9 Å². The van der Waals surface area contributed by atoms with Crippen molar-refractivity contribution in [1.82, 2.24) is 15.0 Å². The Morgan fingerprint density at radius 3 is 3.00 bits per heavy atom. The van der Waals surface area contributed by atoms with E-state index in [0.717, 1.165) is 5.16 Å². The second kappa shape index (κ2) is 4.80. The number of esters is 1. The van der Waals surface area contributed by atoms with E-state index in [4.69, 9.17) is 0 Å². The van der Waals surface area contributed by atoms with E-state index >= 15 is 0 Å². The molecule has 5 nitrogen and oxygen atoms in total. The van der Waals surface area contributed by atoms with Gasteiger partial charge < -0.3 is 9.72 Å². The third kappa shape index (κ3) is 2.40. The van der Waals surface area contributed by atoms with Gasteiger partial charge in [-0.2, -0.15) is 0 Å². The molecule has 0 aliphatic rings. The Hall–Kier alpha value is -1.82. The molecule has 0 saturated carbocycles. The van der Waals surface area contributed by atoms with Crippen LogP contribution < -0.4 is 0 Å². The van der Waals surface area contributed by atoms with Crippen LogP contribution in [0.4, 0.5) is 0 Å². The van der Waals surface area contributed by atoms with Crippen LogP contribution in [0.3, 0.4) is 0 Å². The van der Waals surface area contributed by atoms with Crippen molar-refractivity contribution in [3.63, 3.8) is 0 Å². The fraction of sp³-hybridized carbons (Fsp3) is 0.100. The predicted octanol–water partition coefficient (Wildman–Crippen LogP) is 1.74. The molecule has 1 N–H and O–H groups in total. The summed E-state index contributed by atoms with van der Waals surface area (Å²) in [7, 11) is 1.35. The van der Waals surface area contributed by atoms with E-state index in [1.165, 1.54) is 18.9 Å². The highest BCUT2D eigenvalue weighted by molar-refractivity contribution is 7.99. The first kappa shape index (κ1) is 10.7. The number of aromatic amines is 1. The molecule has 0 bridgehead atoms. The predicted molar refractivity (Wildman–Crippen MR) is 58.3 cm³/mol. The topological polar surface area (TPSA) is 67.9 Å². The number of ether oxygens (including phenoxy) is 1. The summed E-state index contributed by atoms with van der Waals surface area (Å²) in [5.74, 6) is -0.372. The third-order valence-corrected chi connectivity index (χ3v) is 2.68. The first-order valence-electron chi connectivity index (χ1n) is 4.51. The Balaban J connectivity index is 2.19. The fourth-order valence-electron chi connectivity index (χ4n) is 1.12. The van der Waals surface area contributed by atoms with Gasteiger partial charge in [0.05, 0.1) is 12.7 Å². The monoisotopic (exact) mass is 235 g/mol. The summed E-state index contributed by atoms with van der Waals surface area (Å²) in [6.07, 6.45) is 4.95. The van der Waals surface area contributed by atoms with Crippen molar-refractivity contribution in [3.8, 4) is 0 Å². The van der Waals surface area contributed by atoms with E-state index in [0.29, 0.717) is 10.6 Å². The van der Waals surface area contributed by atoms with E-state index in [1.807, 2.05) is 0 Å². The van der Waals surface area contributed by atoms with E-state index < -0.39 is 0 Å². The van der Waals surface area contributed by atoms with Crippen LogP contribution in [0.1, 0.15) is 10.4 Å². The Morgan fingerprint density at radius 2 is 2.31 bits per heavy atom. The summed E-state index contributed by atoms with van der Waals surface area (Å²) < 4.78 is 4.63. The smallest absolute Gasteiger partial charge is 0.337 e. The molecule has 0 amide bonds. The van der Waals surface area contributed by atoms with Crippen molar-refractivity contribution >= 4 is 17.7 Å². The van der Waals surface area contributed by atoms with Crippen LogP contribution in [0.2, 0.25) is 0 Å². The van der Waals surface area contributed by atoms with E-state index in [2.05, 4.69) is 19.7 Å². The number of rotatable bonds is 3. The lowest BCUT2D eigenvalue weighted by molar-refractivity contribution is 0.0600. The van der Waals surface area contributed by atoms with Crippen molar-refractivity contribution in [2.75, 3.05) is 7.11 Å². The van der Waals surface area contributed by atoms with Crippen LogP contribution >= 0.6 is 11.8 Å². The third-order valence-electron chi connectivity index (χ3n) is 1.83. The molecule has 0 radical (unpaired) electrons.